The molecule has 2 aliphatic rings. The zero-order valence-electron chi connectivity index (χ0n) is 22.1. The summed E-state index contributed by atoms with van der Waals surface area (Å²) in [6, 6.07) is 0. The number of hydrogen-bond acceptors (Lipinski definition) is 13. The quantitative estimate of drug-likeness (QED) is 0.304. The second kappa shape index (κ2) is 13.7. The molecule has 0 spiro atoms. The smallest absolute Gasteiger partial charge is 0.303 e. The maximum atomic E-state index is 12.0. The molecule has 0 amide bonds. The summed E-state index contributed by atoms with van der Waals surface area (Å²) in [7, 11) is 0. The van der Waals surface area contributed by atoms with Crippen molar-refractivity contribution in [2.24, 2.45) is 5.92 Å². The van der Waals surface area contributed by atoms with Gasteiger partial charge in [0.2, 0.25) is 0 Å². The van der Waals surface area contributed by atoms with Gasteiger partial charge in [-0.1, -0.05) is 6.92 Å². The van der Waals surface area contributed by atoms with Gasteiger partial charge in [-0.05, 0) is 6.92 Å². The molecule has 2 heterocycles. The van der Waals surface area contributed by atoms with Crippen LogP contribution in [0.25, 0.3) is 0 Å². The van der Waals surface area contributed by atoms with Crippen LogP contribution in [0.2, 0.25) is 0 Å². The molecule has 0 aromatic carbocycles. The predicted molar refractivity (Wildman–Crippen MR) is 122 cm³/mol. The maximum absolute atomic E-state index is 12.0. The minimum Gasteiger partial charge on any atom is -0.463 e. The molecule has 0 aliphatic carbocycles. The van der Waals surface area contributed by atoms with Gasteiger partial charge in [0.1, 0.15) is 31.5 Å². The van der Waals surface area contributed by atoms with E-state index >= 15 is 0 Å². The Balaban J connectivity index is 2.40. The van der Waals surface area contributed by atoms with Crippen LogP contribution in [0.4, 0.5) is 0 Å². The van der Waals surface area contributed by atoms with Gasteiger partial charge in [0.25, 0.3) is 0 Å². The number of carbonyl (C=O) groups is 5. The maximum Gasteiger partial charge on any atom is 0.303 e. The molecule has 13 heteroatoms. The van der Waals surface area contributed by atoms with E-state index < -0.39 is 84.8 Å². The summed E-state index contributed by atoms with van der Waals surface area (Å²) in [4.78, 5) is 58.4. The zero-order valence-corrected chi connectivity index (χ0v) is 22.1. The molecule has 0 saturated carbocycles. The third-order valence-electron chi connectivity index (χ3n) is 5.84. The molecule has 4 unspecified atom stereocenters. The van der Waals surface area contributed by atoms with Crippen LogP contribution in [0.1, 0.15) is 54.9 Å². The number of rotatable bonds is 9. The first-order chi connectivity index (χ1) is 17.3. The van der Waals surface area contributed by atoms with Crippen LogP contribution in [0.5, 0.6) is 0 Å². The molecule has 0 radical (unpaired) electrons. The topological polar surface area (TPSA) is 159 Å². The van der Waals surface area contributed by atoms with Crippen LogP contribution in [0.15, 0.2) is 0 Å². The van der Waals surface area contributed by atoms with Gasteiger partial charge in [0.15, 0.2) is 18.5 Å². The van der Waals surface area contributed by atoms with Crippen molar-refractivity contribution < 1.29 is 61.9 Å². The summed E-state index contributed by atoms with van der Waals surface area (Å²) in [5, 5.41) is 0. The lowest BCUT2D eigenvalue weighted by atomic mass is 9.92. The molecule has 13 nitrogen and oxygen atoms in total. The standard InChI is InChI=1S/C24H36O13/c1-11-19(33-15(5)27)8-18(9-30-13(3)25)36-24(11)37-23-21(34-16(6)28)12(2)32-20(10-31-14(4)26)22(23)35-17(7)29/h11-12,18-24H,8-10H2,1-7H3/t11?,12-,18?,19-,20?,21?,22+,23+,24-/m0/s1. The Bertz CT molecular complexity index is 842. The molecule has 0 N–H and O–H groups in total. The Morgan fingerprint density at radius 2 is 1.22 bits per heavy atom. The number of esters is 5. The van der Waals surface area contributed by atoms with E-state index in [4.69, 9.17) is 37.9 Å². The number of ether oxygens (including phenoxy) is 8. The van der Waals surface area contributed by atoms with Crippen LogP contribution in [0.3, 0.4) is 0 Å². The summed E-state index contributed by atoms with van der Waals surface area (Å²) in [6.45, 7) is 9.14. The normalized spacial score (nSPS) is 33.5. The van der Waals surface area contributed by atoms with Crippen molar-refractivity contribution >= 4 is 29.8 Å². The first kappa shape index (κ1) is 30.5. The average Bonchev–Trinajstić information content (AvgIpc) is 2.77. The molecular weight excluding hydrogens is 496 g/mol. The van der Waals surface area contributed by atoms with Crippen molar-refractivity contribution in [3.63, 3.8) is 0 Å². The van der Waals surface area contributed by atoms with Crippen molar-refractivity contribution in [2.75, 3.05) is 13.2 Å². The zero-order chi connectivity index (χ0) is 27.9. The minimum atomic E-state index is -1.16. The lowest BCUT2D eigenvalue weighted by Gasteiger charge is -2.47. The monoisotopic (exact) mass is 532 g/mol. The van der Waals surface area contributed by atoms with Gasteiger partial charge < -0.3 is 37.9 Å². The third-order valence-corrected chi connectivity index (χ3v) is 5.84. The summed E-state index contributed by atoms with van der Waals surface area (Å²) >= 11 is 0. The predicted octanol–water partition coefficient (Wildman–Crippen LogP) is 0.831. The molecule has 2 fully saturated rings. The fourth-order valence-corrected chi connectivity index (χ4v) is 4.29. The number of hydrogen-bond donors (Lipinski definition) is 0. The van der Waals surface area contributed by atoms with Crippen molar-refractivity contribution in [2.45, 2.75) is 104 Å². The molecule has 0 aromatic rings. The van der Waals surface area contributed by atoms with Crippen LogP contribution < -0.4 is 0 Å². The highest BCUT2D eigenvalue weighted by Crippen LogP contribution is 2.35. The van der Waals surface area contributed by atoms with E-state index in [1.165, 1.54) is 34.6 Å². The molecule has 37 heavy (non-hydrogen) atoms. The van der Waals surface area contributed by atoms with E-state index in [2.05, 4.69) is 0 Å². The van der Waals surface area contributed by atoms with Crippen molar-refractivity contribution in [1.29, 1.82) is 0 Å². The first-order valence-electron chi connectivity index (χ1n) is 12.0. The van der Waals surface area contributed by atoms with Crippen LogP contribution in [-0.2, 0) is 61.9 Å². The molecule has 2 aliphatic heterocycles. The Kier molecular flexibility index (Phi) is 11.3. The summed E-state index contributed by atoms with van der Waals surface area (Å²) in [5.41, 5.74) is 0. The Morgan fingerprint density at radius 3 is 1.76 bits per heavy atom. The van der Waals surface area contributed by atoms with E-state index in [0.29, 0.717) is 0 Å². The van der Waals surface area contributed by atoms with Gasteiger partial charge in [-0.25, -0.2) is 0 Å². The lowest BCUT2D eigenvalue weighted by Crippen LogP contribution is -2.63. The molecule has 210 valence electrons. The van der Waals surface area contributed by atoms with Crippen LogP contribution >= 0.6 is 0 Å². The molecular formula is C24H36O13. The first-order valence-corrected chi connectivity index (χ1v) is 12.0. The highest BCUT2D eigenvalue weighted by atomic mass is 16.7. The van der Waals surface area contributed by atoms with Crippen LogP contribution in [0, 0.1) is 5.92 Å². The Morgan fingerprint density at radius 1 is 0.676 bits per heavy atom. The highest BCUT2D eigenvalue weighted by Gasteiger charge is 2.52. The van der Waals surface area contributed by atoms with E-state index in [1.54, 1.807) is 13.8 Å². The second-order valence-corrected chi connectivity index (χ2v) is 9.10. The molecule has 0 aromatic heterocycles. The van der Waals surface area contributed by atoms with E-state index in [-0.39, 0.29) is 19.6 Å². The fraction of sp³-hybridized carbons (Fsp3) is 0.792. The van der Waals surface area contributed by atoms with Gasteiger partial charge in [-0.3, -0.25) is 24.0 Å². The number of carbonyl (C=O) groups excluding carboxylic acids is 5. The Hall–Kier alpha value is -2.77. The second-order valence-electron chi connectivity index (χ2n) is 9.10. The van der Waals surface area contributed by atoms with Gasteiger partial charge in [-0.15, -0.1) is 0 Å². The average molecular weight is 533 g/mol. The molecule has 9 atom stereocenters. The molecule has 2 saturated heterocycles. The van der Waals surface area contributed by atoms with Gasteiger partial charge >= 0.3 is 29.8 Å². The van der Waals surface area contributed by atoms with Gasteiger partial charge in [0.05, 0.1) is 12.2 Å². The van der Waals surface area contributed by atoms with Crippen molar-refractivity contribution in [1.82, 2.24) is 0 Å². The third kappa shape index (κ3) is 9.24. The summed E-state index contributed by atoms with van der Waals surface area (Å²) in [6.07, 6.45) is -7.14. The van der Waals surface area contributed by atoms with Crippen LogP contribution in [-0.4, -0.2) is 92.1 Å². The fourth-order valence-electron chi connectivity index (χ4n) is 4.29. The van der Waals surface area contributed by atoms with Crippen molar-refractivity contribution in [3.8, 4) is 0 Å². The highest BCUT2D eigenvalue weighted by molar-refractivity contribution is 5.67. The van der Waals surface area contributed by atoms with E-state index in [9.17, 15) is 24.0 Å². The van der Waals surface area contributed by atoms with Crippen molar-refractivity contribution in [3.05, 3.63) is 0 Å². The molecule has 2 rings (SSSR count). The summed E-state index contributed by atoms with van der Waals surface area (Å²) < 4.78 is 44.8. The Labute approximate surface area is 215 Å². The van der Waals surface area contributed by atoms with E-state index in [1.807, 2.05) is 0 Å². The van der Waals surface area contributed by atoms with Gasteiger partial charge in [-0.2, -0.15) is 0 Å². The lowest BCUT2D eigenvalue weighted by molar-refractivity contribution is -0.318. The van der Waals surface area contributed by atoms with E-state index in [0.717, 1.165) is 0 Å². The minimum absolute atomic E-state index is 0.111. The SMILES string of the molecule is CC(=O)OCC1C[C@H](OC(C)=O)C(C)[C@H](O[C@@H]2C(OC(C)=O)[C@H](C)OC(COC(C)=O)[C@H]2OC(C)=O)O1. The largest absolute Gasteiger partial charge is 0.463 e. The summed E-state index contributed by atoms with van der Waals surface area (Å²) in [5.74, 6) is -3.41. The molecule has 0 bridgehead atoms. The van der Waals surface area contributed by atoms with Gasteiger partial charge in [0, 0.05) is 47.0 Å².